The van der Waals surface area contributed by atoms with Crippen molar-refractivity contribution < 1.29 is 14.6 Å². The van der Waals surface area contributed by atoms with Gasteiger partial charge in [-0.1, -0.05) is 0 Å². The Morgan fingerprint density at radius 3 is 2.94 bits per heavy atom. The van der Waals surface area contributed by atoms with Crippen molar-refractivity contribution in [3.8, 4) is 0 Å². The molecule has 3 N–H and O–H groups in total. The van der Waals surface area contributed by atoms with Gasteiger partial charge in [0.15, 0.2) is 0 Å². The predicted molar refractivity (Wildman–Crippen MR) is 61.1 cm³/mol. The highest BCUT2D eigenvalue weighted by Crippen LogP contribution is 2.54. The number of fused-ring (bicyclic) bond motifs is 1. The van der Waals surface area contributed by atoms with Gasteiger partial charge in [0.1, 0.15) is 6.61 Å². The van der Waals surface area contributed by atoms with Gasteiger partial charge in [-0.3, -0.25) is 4.79 Å². The number of carbonyl (C=O) groups is 1. The molecule has 0 spiro atoms. The highest BCUT2D eigenvalue weighted by molar-refractivity contribution is 5.78. The van der Waals surface area contributed by atoms with E-state index < -0.39 is 0 Å². The molecule has 5 unspecified atom stereocenters. The fourth-order valence-corrected chi connectivity index (χ4v) is 4.02. The summed E-state index contributed by atoms with van der Waals surface area (Å²) < 4.78 is 5.19. The largest absolute Gasteiger partial charge is 0.391 e. The summed E-state index contributed by atoms with van der Waals surface area (Å²) in [6.45, 7) is 1.77. The van der Waals surface area contributed by atoms with Gasteiger partial charge >= 0.3 is 0 Å². The maximum atomic E-state index is 12.0. The standard InChI is InChI=1S/C12H20N2O3/c13-1-2-17-6-10(15)14-5-8-3-7-4-9(8)11(14)12(7)16/h7-9,11-12,16H,1-6,13H2. The Balaban J connectivity index is 1.63. The van der Waals surface area contributed by atoms with Crippen molar-refractivity contribution in [1.82, 2.24) is 4.90 Å². The molecule has 3 aliphatic rings. The lowest BCUT2D eigenvalue weighted by molar-refractivity contribution is -0.138. The van der Waals surface area contributed by atoms with E-state index in [0.717, 1.165) is 19.4 Å². The molecular weight excluding hydrogens is 220 g/mol. The van der Waals surface area contributed by atoms with Crippen molar-refractivity contribution in [2.45, 2.75) is 25.0 Å². The Morgan fingerprint density at radius 1 is 1.41 bits per heavy atom. The van der Waals surface area contributed by atoms with Crippen LogP contribution in [0.2, 0.25) is 0 Å². The smallest absolute Gasteiger partial charge is 0.248 e. The SMILES string of the molecule is NCCOCC(=O)N1CC2CC3CC2C1C3O. The second-order valence-corrected chi connectivity index (χ2v) is 5.52. The molecule has 2 bridgehead atoms. The first-order valence-electron chi connectivity index (χ1n) is 6.47. The summed E-state index contributed by atoms with van der Waals surface area (Å²) in [5.74, 6) is 1.59. The van der Waals surface area contributed by atoms with E-state index in [2.05, 4.69) is 0 Å². The quantitative estimate of drug-likeness (QED) is 0.630. The first kappa shape index (κ1) is 11.4. The van der Waals surface area contributed by atoms with E-state index in [0.29, 0.717) is 30.9 Å². The minimum absolute atomic E-state index is 0.0116. The van der Waals surface area contributed by atoms with E-state index in [1.807, 2.05) is 4.90 Å². The van der Waals surface area contributed by atoms with Gasteiger partial charge in [0.05, 0.1) is 18.8 Å². The molecule has 2 aliphatic carbocycles. The summed E-state index contributed by atoms with van der Waals surface area (Å²) in [7, 11) is 0. The molecule has 1 amide bonds. The molecule has 0 radical (unpaired) electrons. The van der Waals surface area contributed by atoms with Crippen molar-refractivity contribution in [1.29, 1.82) is 0 Å². The van der Waals surface area contributed by atoms with Gasteiger partial charge in [0.25, 0.3) is 0 Å². The molecule has 96 valence electrons. The molecular formula is C12H20N2O3. The summed E-state index contributed by atoms with van der Waals surface area (Å²) >= 11 is 0. The van der Waals surface area contributed by atoms with Crippen LogP contribution in [0.15, 0.2) is 0 Å². The summed E-state index contributed by atoms with van der Waals surface area (Å²) in [5, 5.41) is 10.1. The molecule has 0 aromatic rings. The van der Waals surface area contributed by atoms with Crippen LogP contribution in [0.25, 0.3) is 0 Å². The zero-order valence-corrected chi connectivity index (χ0v) is 9.92. The van der Waals surface area contributed by atoms with Crippen LogP contribution < -0.4 is 5.73 Å². The number of likely N-dealkylation sites (tertiary alicyclic amines) is 1. The van der Waals surface area contributed by atoms with Gasteiger partial charge in [-0.05, 0) is 30.6 Å². The average molecular weight is 240 g/mol. The van der Waals surface area contributed by atoms with Gasteiger partial charge in [-0.15, -0.1) is 0 Å². The van der Waals surface area contributed by atoms with Crippen LogP contribution in [0.1, 0.15) is 12.8 Å². The fraction of sp³-hybridized carbons (Fsp3) is 0.917. The Labute approximate surface area is 101 Å². The molecule has 3 fully saturated rings. The molecule has 5 heteroatoms. The minimum Gasteiger partial charge on any atom is -0.391 e. The molecule has 1 heterocycles. The maximum absolute atomic E-state index is 12.0. The molecule has 17 heavy (non-hydrogen) atoms. The van der Waals surface area contributed by atoms with Crippen LogP contribution in [0.4, 0.5) is 0 Å². The predicted octanol–water partition coefficient (Wildman–Crippen LogP) is -0.811. The molecule has 1 saturated heterocycles. The fourth-order valence-electron chi connectivity index (χ4n) is 4.02. The van der Waals surface area contributed by atoms with Crippen molar-refractivity contribution in [3.63, 3.8) is 0 Å². The van der Waals surface area contributed by atoms with Gasteiger partial charge in [-0.2, -0.15) is 0 Å². The van der Waals surface area contributed by atoms with E-state index in [1.54, 1.807) is 0 Å². The van der Waals surface area contributed by atoms with Crippen LogP contribution in [0.3, 0.4) is 0 Å². The van der Waals surface area contributed by atoms with E-state index in [-0.39, 0.29) is 24.7 Å². The topological polar surface area (TPSA) is 75.8 Å². The number of ether oxygens (including phenoxy) is 1. The first-order chi connectivity index (χ1) is 8.22. The van der Waals surface area contributed by atoms with Crippen molar-refractivity contribution in [3.05, 3.63) is 0 Å². The summed E-state index contributed by atoms with van der Waals surface area (Å²) in [4.78, 5) is 13.9. The summed E-state index contributed by atoms with van der Waals surface area (Å²) in [6, 6.07) is 0.0627. The second kappa shape index (κ2) is 4.23. The highest BCUT2D eigenvalue weighted by Gasteiger charge is 2.59. The third-order valence-electron chi connectivity index (χ3n) is 4.66. The summed E-state index contributed by atoms with van der Waals surface area (Å²) in [5.41, 5.74) is 5.31. The number of nitrogens with two attached hydrogens (primary N) is 1. The van der Waals surface area contributed by atoms with E-state index >= 15 is 0 Å². The zero-order valence-electron chi connectivity index (χ0n) is 9.92. The Morgan fingerprint density at radius 2 is 2.24 bits per heavy atom. The Hall–Kier alpha value is -0.650. The van der Waals surface area contributed by atoms with Gasteiger partial charge < -0.3 is 20.5 Å². The van der Waals surface area contributed by atoms with Crippen LogP contribution in [0.5, 0.6) is 0 Å². The van der Waals surface area contributed by atoms with Crippen molar-refractivity contribution in [2.24, 2.45) is 23.5 Å². The highest BCUT2D eigenvalue weighted by atomic mass is 16.5. The van der Waals surface area contributed by atoms with Crippen LogP contribution in [-0.4, -0.2) is 54.4 Å². The van der Waals surface area contributed by atoms with Gasteiger partial charge in [-0.25, -0.2) is 0 Å². The second-order valence-electron chi connectivity index (χ2n) is 5.52. The van der Waals surface area contributed by atoms with E-state index in [1.165, 1.54) is 0 Å². The number of nitrogens with zero attached hydrogens (tertiary/aromatic N) is 1. The number of rotatable bonds is 4. The lowest BCUT2D eigenvalue weighted by Gasteiger charge is -2.28. The molecule has 5 atom stereocenters. The number of amides is 1. The monoisotopic (exact) mass is 240 g/mol. The van der Waals surface area contributed by atoms with Gasteiger partial charge in [0.2, 0.25) is 5.91 Å². The van der Waals surface area contributed by atoms with Crippen molar-refractivity contribution >= 4 is 5.91 Å². The van der Waals surface area contributed by atoms with E-state index in [4.69, 9.17) is 10.5 Å². The Kier molecular flexibility index (Phi) is 2.84. The average Bonchev–Trinajstić information content (AvgIpc) is 2.89. The molecule has 2 saturated carbocycles. The van der Waals surface area contributed by atoms with Crippen LogP contribution >= 0.6 is 0 Å². The molecule has 3 rings (SSSR count). The van der Waals surface area contributed by atoms with Crippen LogP contribution in [-0.2, 0) is 9.53 Å². The van der Waals surface area contributed by atoms with Gasteiger partial charge in [0, 0.05) is 13.1 Å². The summed E-state index contributed by atoms with van der Waals surface area (Å²) in [6.07, 6.45) is 1.89. The third-order valence-corrected chi connectivity index (χ3v) is 4.66. The number of hydrogen-bond acceptors (Lipinski definition) is 4. The number of aliphatic hydroxyl groups excluding tert-OH is 1. The molecule has 0 aromatic carbocycles. The first-order valence-corrected chi connectivity index (χ1v) is 6.47. The maximum Gasteiger partial charge on any atom is 0.248 e. The van der Waals surface area contributed by atoms with Crippen LogP contribution in [0, 0.1) is 17.8 Å². The zero-order chi connectivity index (χ0) is 12.0. The lowest BCUT2D eigenvalue weighted by atomic mass is 9.88. The molecule has 0 aromatic heterocycles. The van der Waals surface area contributed by atoms with Crippen molar-refractivity contribution in [2.75, 3.05) is 26.3 Å². The van der Waals surface area contributed by atoms with E-state index in [9.17, 15) is 9.90 Å². The lowest BCUT2D eigenvalue weighted by Crippen LogP contribution is -2.45. The molecule has 1 aliphatic heterocycles. The minimum atomic E-state index is -0.308. The number of hydrogen-bond donors (Lipinski definition) is 2. The Bertz CT molecular complexity index is 321. The third kappa shape index (κ3) is 1.68. The molecule has 5 nitrogen and oxygen atoms in total. The normalized spacial score (nSPS) is 42.5. The number of aliphatic hydroxyl groups is 1. The number of carbonyl (C=O) groups excluding carboxylic acids is 1.